The number of hydrogen-bond acceptors (Lipinski definition) is 2. The lowest BCUT2D eigenvalue weighted by molar-refractivity contribution is 0.439. The van der Waals surface area contributed by atoms with Crippen LogP contribution < -0.4 is 0 Å². The van der Waals surface area contributed by atoms with Crippen molar-refractivity contribution < 1.29 is 13.0 Å². The van der Waals surface area contributed by atoms with Crippen LogP contribution in [0, 0.1) is 24.7 Å². The molecular formula is C15H18O3S. The average Bonchev–Trinajstić information content (AvgIpc) is 2.89. The molecule has 3 nitrogen and oxygen atoms in total. The second-order valence-corrected chi connectivity index (χ2v) is 7.22. The van der Waals surface area contributed by atoms with Gasteiger partial charge in [0.1, 0.15) is 0 Å². The minimum Gasteiger partial charge on any atom is -0.282 e. The smallest absolute Gasteiger partial charge is 0.282 e. The summed E-state index contributed by atoms with van der Waals surface area (Å²) in [5, 5.41) is 0. The fraction of sp³-hybridized carbons (Fsp3) is 0.467. The normalized spacial score (nSPS) is 29.1. The van der Waals surface area contributed by atoms with Crippen molar-refractivity contribution >= 4 is 10.1 Å². The van der Waals surface area contributed by atoms with Crippen molar-refractivity contribution in [2.75, 3.05) is 0 Å². The van der Waals surface area contributed by atoms with Crippen LogP contribution in [-0.2, 0) is 16.5 Å². The van der Waals surface area contributed by atoms with Crippen LogP contribution in [0.25, 0.3) is 0 Å². The minimum atomic E-state index is -4.12. The summed E-state index contributed by atoms with van der Waals surface area (Å²) in [6.45, 7) is 1.94. The lowest BCUT2D eigenvalue weighted by atomic mass is 9.87. The van der Waals surface area contributed by atoms with E-state index >= 15 is 0 Å². The molecule has 2 aliphatic carbocycles. The van der Waals surface area contributed by atoms with E-state index in [-0.39, 0.29) is 4.90 Å². The van der Waals surface area contributed by atoms with E-state index in [1.807, 2.05) is 13.0 Å². The summed E-state index contributed by atoms with van der Waals surface area (Å²) in [5.41, 5.74) is 1.79. The van der Waals surface area contributed by atoms with Gasteiger partial charge in [-0.1, -0.05) is 29.8 Å². The monoisotopic (exact) mass is 278 g/mol. The second kappa shape index (κ2) is 4.46. The molecule has 0 aromatic heterocycles. The van der Waals surface area contributed by atoms with Gasteiger partial charge in [0.25, 0.3) is 10.1 Å². The number of benzene rings is 1. The molecule has 1 aromatic carbocycles. The van der Waals surface area contributed by atoms with E-state index in [9.17, 15) is 13.0 Å². The summed E-state index contributed by atoms with van der Waals surface area (Å²) in [7, 11) is -4.12. The van der Waals surface area contributed by atoms with E-state index in [0.717, 1.165) is 24.0 Å². The van der Waals surface area contributed by atoms with Gasteiger partial charge in [-0.05, 0) is 55.6 Å². The van der Waals surface area contributed by atoms with Crippen LogP contribution in [0.3, 0.4) is 0 Å². The maximum Gasteiger partial charge on any atom is 0.294 e. The fourth-order valence-corrected chi connectivity index (χ4v) is 4.24. The largest absolute Gasteiger partial charge is 0.294 e. The Kier molecular flexibility index (Phi) is 3.02. The lowest BCUT2D eigenvalue weighted by Crippen LogP contribution is -2.13. The van der Waals surface area contributed by atoms with Crippen LogP contribution in [0.2, 0.25) is 0 Å². The molecule has 2 bridgehead atoms. The summed E-state index contributed by atoms with van der Waals surface area (Å²) in [6.07, 6.45) is 7.63. The summed E-state index contributed by atoms with van der Waals surface area (Å²) in [6, 6.07) is 5.13. The van der Waals surface area contributed by atoms with Gasteiger partial charge in [0.05, 0.1) is 4.90 Å². The highest BCUT2D eigenvalue weighted by molar-refractivity contribution is 7.85. The minimum absolute atomic E-state index is 0.0739. The quantitative estimate of drug-likeness (QED) is 0.683. The first-order valence-corrected chi connectivity index (χ1v) is 8.13. The van der Waals surface area contributed by atoms with Crippen LogP contribution in [0.15, 0.2) is 35.2 Å². The molecule has 102 valence electrons. The zero-order valence-corrected chi connectivity index (χ0v) is 11.7. The van der Waals surface area contributed by atoms with Crippen molar-refractivity contribution in [2.45, 2.75) is 31.1 Å². The molecule has 4 heteroatoms. The van der Waals surface area contributed by atoms with Gasteiger partial charge in [-0.15, -0.1) is 0 Å². The Bertz CT molecular complexity index is 631. The number of rotatable bonds is 3. The van der Waals surface area contributed by atoms with Gasteiger partial charge in [0.2, 0.25) is 0 Å². The van der Waals surface area contributed by atoms with Crippen molar-refractivity contribution in [3.05, 3.63) is 41.5 Å². The van der Waals surface area contributed by atoms with E-state index in [1.165, 1.54) is 12.5 Å². The topological polar surface area (TPSA) is 54.4 Å². The third-order valence-electron chi connectivity index (χ3n) is 4.39. The molecule has 0 heterocycles. The predicted molar refractivity (Wildman–Crippen MR) is 73.5 cm³/mol. The number of allylic oxidation sites excluding steroid dienone is 2. The lowest BCUT2D eigenvalue weighted by Gasteiger charge is -2.19. The highest BCUT2D eigenvalue weighted by atomic mass is 32.2. The van der Waals surface area contributed by atoms with Gasteiger partial charge in [-0.3, -0.25) is 4.55 Å². The Morgan fingerprint density at radius 3 is 2.63 bits per heavy atom. The molecule has 1 fully saturated rings. The van der Waals surface area contributed by atoms with Gasteiger partial charge >= 0.3 is 0 Å². The SMILES string of the molecule is Cc1ccc(S(=O)(=O)O)c(CC2CC3C=CC2C3)c1. The second-order valence-electron chi connectivity index (χ2n) is 5.83. The summed E-state index contributed by atoms with van der Waals surface area (Å²) in [5.74, 6) is 1.77. The standard InChI is InChI=1S/C15H18O3S/c1-10-2-5-15(19(16,17)18)14(6-10)9-13-8-11-3-4-12(13)7-11/h2-6,11-13H,7-9H2,1H3,(H,16,17,18). The molecule has 0 saturated heterocycles. The number of hydrogen-bond donors (Lipinski definition) is 1. The molecule has 0 amide bonds. The highest BCUT2D eigenvalue weighted by Crippen LogP contribution is 2.45. The van der Waals surface area contributed by atoms with Crippen molar-refractivity contribution in [1.29, 1.82) is 0 Å². The van der Waals surface area contributed by atoms with E-state index < -0.39 is 10.1 Å². The molecule has 0 spiro atoms. The highest BCUT2D eigenvalue weighted by Gasteiger charge is 2.36. The van der Waals surface area contributed by atoms with Crippen molar-refractivity contribution in [2.24, 2.45) is 17.8 Å². The van der Waals surface area contributed by atoms with Crippen molar-refractivity contribution in [3.8, 4) is 0 Å². The zero-order chi connectivity index (χ0) is 13.6. The molecule has 1 saturated carbocycles. The van der Waals surface area contributed by atoms with Gasteiger partial charge in [-0.25, -0.2) is 0 Å². The molecule has 3 rings (SSSR count). The van der Waals surface area contributed by atoms with E-state index in [1.54, 1.807) is 6.07 Å². The Hall–Kier alpha value is -1.13. The van der Waals surface area contributed by atoms with Crippen LogP contribution in [0.4, 0.5) is 0 Å². The summed E-state index contributed by atoms with van der Waals surface area (Å²) >= 11 is 0. The zero-order valence-electron chi connectivity index (χ0n) is 10.9. The first-order chi connectivity index (χ1) is 8.93. The molecule has 19 heavy (non-hydrogen) atoms. The number of fused-ring (bicyclic) bond motifs is 2. The maximum absolute atomic E-state index is 11.4. The Balaban J connectivity index is 1.92. The Morgan fingerprint density at radius 2 is 2.05 bits per heavy atom. The molecule has 0 radical (unpaired) electrons. The summed E-state index contributed by atoms with van der Waals surface area (Å²) in [4.78, 5) is 0.0739. The molecule has 3 atom stereocenters. The Morgan fingerprint density at radius 1 is 1.26 bits per heavy atom. The van der Waals surface area contributed by atoms with Gasteiger partial charge in [0, 0.05) is 0 Å². The van der Waals surface area contributed by atoms with Crippen LogP contribution in [-0.4, -0.2) is 13.0 Å². The van der Waals surface area contributed by atoms with Gasteiger partial charge in [0.15, 0.2) is 0 Å². The van der Waals surface area contributed by atoms with Crippen LogP contribution in [0.5, 0.6) is 0 Å². The first-order valence-electron chi connectivity index (χ1n) is 6.69. The molecule has 0 aliphatic heterocycles. The molecular weight excluding hydrogens is 260 g/mol. The van der Waals surface area contributed by atoms with Crippen LogP contribution >= 0.6 is 0 Å². The first kappa shape index (κ1) is 12.9. The van der Waals surface area contributed by atoms with Crippen molar-refractivity contribution in [3.63, 3.8) is 0 Å². The van der Waals surface area contributed by atoms with Gasteiger partial charge < -0.3 is 0 Å². The molecule has 1 N–H and O–H groups in total. The molecule has 1 aromatic rings. The predicted octanol–water partition coefficient (Wildman–Crippen LogP) is 3.00. The molecule has 3 unspecified atom stereocenters. The van der Waals surface area contributed by atoms with E-state index in [4.69, 9.17) is 0 Å². The van der Waals surface area contributed by atoms with E-state index in [2.05, 4.69) is 12.2 Å². The molecule has 2 aliphatic rings. The average molecular weight is 278 g/mol. The third-order valence-corrected chi connectivity index (χ3v) is 5.35. The maximum atomic E-state index is 11.4. The third kappa shape index (κ3) is 2.47. The Labute approximate surface area is 114 Å². The van der Waals surface area contributed by atoms with Crippen LogP contribution in [0.1, 0.15) is 24.0 Å². The fourth-order valence-electron chi connectivity index (χ4n) is 3.53. The van der Waals surface area contributed by atoms with E-state index in [0.29, 0.717) is 17.8 Å². The van der Waals surface area contributed by atoms with Gasteiger partial charge in [-0.2, -0.15) is 8.42 Å². The number of aryl methyl sites for hydroxylation is 1. The van der Waals surface area contributed by atoms with Crippen molar-refractivity contribution in [1.82, 2.24) is 0 Å². The summed E-state index contributed by atoms with van der Waals surface area (Å²) < 4.78 is 32.2.